The lowest BCUT2D eigenvalue weighted by atomic mass is 10.6. The first-order valence-corrected chi connectivity index (χ1v) is 2.99. The number of H-pyrrole nitrogens is 2. The molecule has 0 atom stereocenters. The van der Waals surface area contributed by atoms with Gasteiger partial charge in [-0.15, -0.1) is 0 Å². The standard InChI is InChI=1S/C5H4N2O6/c8-3-2(12-13-5(10)11)1-6-4(9)7-3/h1H,(H,10,11)(H2,6,7,8,9). The average molecular weight is 188 g/mol. The molecule has 8 heteroatoms. The topological polar surface area (TPSA) is 121 Å². The molecule has 3 N–H and O–H groups in total. The summed E-state index contributed by atoms with van der Waals surface area (Å²) < 4.78 is 0. The number of carboxylic acid groups (broad SMARTS) is 1. The van der Waals surface area contributed by atoms with E-state index in [-0.39, 0.29) is 0 Å². The number of nitrogens with one attached hydrogen (secondary N) is 2. The molecule has 8 nitrogen and oxygen atoms in total. The molecular weight excluding hydrogens is 184 g/mol. The van der Waals surface area contributed by atoms with Gasteiger partial charge in [-0.05, 0) is 0 Å². The summed E-state index contributed by atoms with van der Waals surface area (Å²) in [6.07, 6.45) is -0.824. The van der Waals surface area contributed by atoms with E-state index in [9.17, 15) is 14.4 Å². The fourth-order valence-corrected chi connectivity index (χ4v) is 0.540. The maximum atomic E-state index is 10.8. The van der Waals surface area contributed by atoms with E-state index >= 15 is 0 Å². The van der Waals surface area contributed by atoms with E-state index in [1.54, 1.807) is 4.98 Å². The Hall–Kier alpha value is -2.25. The zero-order chi connectivity index (χ0) is 9.84. The highest BCUT2D eigenvalue weighted by molar-refractivity contribution is 5.56. The van der Waals surface area contributed by atoms with Gasteiger partial charge in [0.15, 0.2) is 0 Å². The van der Waals surface area contributed by atoms with Gasteiger partial charge in [0.25, 0.3) is 5.75 Å². The van der Waals surface area contributed by atoms with Gasteiger partial charge in [-0.2, -0.15) is 0 Å². The quantitative estimate of drug-likeness (QED) is 0.406. The van der Waals surface area contributed by atoms with E-state index in [1.807, 2.05) is 0 Å². The zero-order valence-electron chi connectivity index (χ0n) is 6.07. The van der Waals surface area contributed by atoms with E-state index < -0.39 is 23.2 Å². The molecule has 0 aliphatic heterocycles. The van der Waals surface area contributed by atoms with Gasteiger partial charge in [0.05, 0.1) is 6.20 Å². The molecule has 0 saturated carbocycles. The molecule has 0 saturated heterocycles. The summed E-state index contributed by atoms with van der Waals surface area (Å²) in [5.74, 6) is -0.456. The molecule has 1 aromatic heterocycles. The molecule has 0 bridgehead atoms. The lowest BCUT2D eigenvalue weighted by Gasteiger charge is -1.97. The van der Waals surface area contributed by atoms with Gasteiger partial charge < -0.3 is 10.1 Å². The molecule has 1 heterocycles. The van der Waals surface area contributed by atoms with Crippen LogP contribution in [0.4, 0.5) is 4.79 Å². The fraction of sp³-hybridized carbons (Fsp3) is 0. The minimum Gasteiger partial charge on any atom is -0.447 e. The molecule has 0 unspecified atom stereocenters. The van der Waals surface area contributed by atoms with Gasteiger partial charge >= 0.3 is 17.4 Å². The minimum absolute atomic E-state index is 0.456. The molecule has 0 aliphatic rings. The smallest absolute Gasteiger partial charge is 0.447 e. The molecule has 1 aromatic rings. The van der Waals surface area contributed by atoms with Crippen molar-refractivity contribution in [2.24, 2.45) is 0 Å². The van der Waals surface area contributed by atoms with Crippen LogP contribution in [0.5, 0.6) is 5.75 Å². The Morgan fingerprint density at radius 2 is 2.15 bits per heavy atom. The van der Waals surface area contributed by atoms with E-state index in [0.29, 0.717) is 0 Å². The monoisotopic (exact) mass is 188 g/mol. The Kier molecular flexibility index (Phi) is 2.33. The first-order chi connectivity index (χ1) is 6.09. The first kappa shape index (κ1) is 8.84. The van der Waals surface area contributed by atoms with Crippen LogP contribution in [0.25, 0.3) is 0 Å². The number of aromatic nitrogens is 2. The predicted molar refractivity (Wildman–Crippen MR) is 37.4 cm³/mol. The molecule has 0 spiro atoms. The number of aromatic amines is 2. The lowest BCUT2D eigenvalue weighted by molar-refractivity contribution is -0.162. The maximum Gasteiger partial charge on any atom is 0.547 e. The third kappa shape index (κ3) is 2.36. The minimum atomic E-state index is -1.70. The number of carbonyl (C=O) groups is 1. The molecule has 0 aliphatic carbocycles. The third-order valence-electron chi connectivity index (χ3n) is 0.988. The van der Waals surface area contributed by atoms with Crippen LogP contribution in [0.1, 0.15) is 0 Å². The van der Waals surface area contributed by atoms with Gasteiger partial charge in [0.1, 0.15) is 0 Å². The Labute approximate surface area is 69.7 Å². The Bertz CT molecular complexity index is 418. The second-order valence-electron chi connectivity index (χ2n) is 1.87. The first-order valence-electron chi connectivity index (χ1n) is 2.99. The molecule has 70 valence electrons. The van der Waals surface area contributed by atoms with Crippen molar-refractivity contribution >= 4 is 6.16 Å². The summed E-state index contributed by atoms with van der Waals surface area (Å²) in [7, 11) is 0. The van der Waals surface area contributed by atoms with Crippen LogP contribution < -0.4 is 16.1 Å². The second kappa shape index (κ2) is 3.43. The third-order valence-corrected chi connectivity index (χ3v) is 0.988. The molecule has 0 aromatic carbocycles. The number of hydrogen-bond acceptors (Lipinski definition) is 5. The van der Waals surface area contributed by atoms with Gasteiger partial charge in [-0.25, -0.2) is 14.5 Å². The Balaban J connectivity index is 2.84. The highest BCUT2D eigenvalue weighted by Gasteiger charge is 2.05. The van der Waals surface area contributed by atoms with Crippen molar-refractivity contribution in [3.63, 3.8) is 0 Å². The highest BCUT2D eigenvalue weighted by atomic mass is 17.2. The summed E-state index contributed by atoms with van der Waals surface area (Å²) in [4.78, 5) is 42.6. The molecule has 0 radical (unpaired) electrons. The summed E-state index contributed by atoms with van der Waals surface area (Å²) >= 11 is 0. The molecule has 0 fully saturated rings. The van der Waals surface area contributed by atoms with Crippen LogP contribution in [0.3, 0.4) is 0 Å². The van der Waals surface area contributed by atoms with Gasteiger partial charge in [0, 0.05) is 0 Å². The normalized spacial score (nSPS) is 9.23. The summed E-state index contributed by atoms with van der Waals surface area (Å²) in [5, 5.41) is 7.99. The highest BCUT2D eigenvalue weighted by Crippen LogP contribution is 1.96. The molecular formula is C5H4N2O6. The fourth-order valence-electron chi connectivity index (χ4n) is 0.540. The average Bonchev–Trinajstić information content (AvgIpc) is 2.02. The van der Waals surface area contributed by atoms with E-state index in [4.69, 9.17) is 5.11 Å². The Morgan fingerprint density at radius 1 is 1.46 bits per heavy atom. The van der Waals surface area contributed by atoms with Crippen LogP contribution in [0.15, 0.2) is 15.8 Å². The van der Waals surface area contributed by atoms with Gasteiger partial charge in [-0.1, -0.05) is 0 Å². The van der Waals surface area contributed by atoms with Crippen LogP contribution in [0.2, 0.25) is 0 Å². The van der Waals surface area contributed by atoms with Crippen molar-refractivity contribution in [1.29, 1.82) is 0 Å². The van der Waals surface area contributed by atoms with Crippen LogP contribution in [-0.4, -0.2) is 21.2 Å². The molecule has 0 amide bonds. The van der Waals surface area contributed by atoms with Crippen molar-refractivity contribution in [3.8, 4) is 5.75 Å². The van der Waals surface area contributed by atoms with Gasteiger partial charge in [-0.3, -0.25) is 14.7 Å². The summed E-state index contributed by atoms with van der Waals surface area (Å²) in [5.41, 5.74) is -1.61. The van der Waals surface area contributed by atoms with Crippen molar-refractivity contribution in [2.75, 3.05) is 0 Å². The maximum absolute atomic E-state index is 10.8. The van der Waals surface area contributed by atoms with Crippen LogP contribution in [0, 0.1) is 0 Å². The van der Waals surface area contributed by atoms with Crippen molar-refractivity contribution in [1.82, 2.24) is 9.97 Å². The van der Waals surface area contributed by atoms with Crippen LogP contribution in [-0.2, 0) is 4.89 Å². The zero-order valence-corrected chi connectivity index (χ0v) is 6.07. The molecule has 13 heavy (non-hydrogen) atoms. The van der Waals surface area contributed by atoms with E-state index in [1.165, 1.54) is 0 Å². The predicted octanol–water partition coefficient (Wildman–Crippen LogP) is -0.948. The van der Waals surface area contributed by atoms with Crippen LogP contribution >= 0.6 is 0 Å². The van der Waals surface area contributed by atoms with E-state index in [2.05, 4.69) is 14.8 Å². The largest absolute Gasteiger partial charge is 0.547 e. The van der Waals surface area contributed by atoms with Crippen molar-refractivity contribution in [2.45, 2.75) is 0 Å². The summed E-state index contributed by atoms with van der Waals surface area (Å²) in [6, 6.07) is 0. The van der Waals surface area contributed by atoms with Crippen molar-refractivity contribution < 1.29 is 19.7 Å². The Morgan fingerprint density at radius 3 is 2.69 bits per heavy atom. The number of rotatable bonds is 2. The molecule has 1 rings (SSSR count). The second-order valence-corrected chi connectivity index (χ2v) is 1.87. The van der Waals surface area contributed by atoms with E-state index in [0.717, 1.165) is 6.20 Å². The summed E-state index contributed by atoms with van der Waals surface area (Å²) in [6.45, 7) is 0. The number of hydrogen-bond donors (Lipinski definition) is 3. The SMILES string of the molecule is O=C(O)OOc1c[nH]c(=O)[nH]c1=O. The van der Waals surface area contributed by atoms with Crippen molar-refractivity contribution in [3.05, 3.63) is 27.0 Å². The van der Waals surface area contributed by atoms with Gasteiger partial charge in [0.2, 0.25) is 0 Å². The lowest BCUT2D eigenvalue weighted by Crippen LogP contribution is -2.23.